The van der Waals surface area contributed by atoms with Gasteiger partial charge in [0.25, 0.3) is 0 Å². The Balaban J connectivity index is 1.71. The Bertz CT molecular complexity index is 615. The molecule has 0 saturated carbocycles. The third kappa shape index (κ3) is 2.53. The normalized spacial score (nSPS) is 34.2. The van der Waals surface area contributed by atoms with Crippen molar-refractivity contribution < 1.29 is 9.53 Å². The van der Waals surface area contributed by atoms with Gasteiger partial charge in [0.05, 0.1) is 18.9 Å². The number of thioether (sulfide) groups is 1. The van der Waals surface area contributed by atoms with Gasteiger partial charge in [0.2, 0.25) is 5.91 Å². The molecule has 4 saturated heterocycles. The van der Waals surface area contributed by atoms with Crippen molar-refractivity contribution in [1.29, 1.82) is 0 Å². The largest absolute Gasteiger partial charge is 0.496 e. The molecular formula is C19H26N2O2S. The first kappa shape index (κ1) is 16.3. The van der Waals surface area contributed by atoms with Crippen LogP contribution in [-0.4, -0.2) is 66.5 Å². The molecule has 5 rings (SSSR count). The highest BCUT2D eigenvalue weighted by Gasteiger charge is 2.54. The number of nitrogens with zero attached hydrogens (tertiary/aromatic N) is 2. The van der Waals surface area contributed by atoms with Crippen LogP contribution in [0.15, 0.2) is 24.3 Å². The van der Waals surface area contributed by atoms with Crippen LogP contribution in [0.3, 0.4) is 0 Å². The summed E-state index contributed by atoms with van der Waals surface area (Å²) in [4.78, 5) is 17.6. The number of carbonyl (C=O) groups excluding carboxylic acids is 1. The van der Waals surface area contributed by atoms with E-state index in [1.54, 1.807) is 18.9 Å². The molecule has 4 fully saturated rings. The topological polar surface area (TPSA) is 32.8 Å². The molecule has 2 bridgehead atoms. The highest BCUT2D eigenvalue weighted by atomic mass is 32.2. The number of hydrogen-bond acceptors (Lipinski definition) is 4. The molecule has 130 valence electrons. The van der Waals surface area contributed by atoms with Crippen LogP contribution in [-0.2, 0) is 4.79 Å². The van der Waals surface area contributed by atoms with Crippen LogP contribution in [0.25, 0.3) is 0 Å². The molecule has 3 atom stereocenters. The molecule has 0 aromatic heterocycles. The Morgan fingerprint density at radius 2 is 2.00 bits per heavy atom. The van der Waals surface area contributed by atoms with Gasteiger partial charge in [0.1, 0.15) is 5.75 Å². The van der Waals surface area contributed by atoms with Crippen LogP contribution in [0, 0.1) is 5.92 Å². The van der Waals surface area contributed by atoms with E-state index in [1.807, 2.05) is 18.4 Å². The van der Waals surface area contributed by atoms with Crippen molar-refractivity contribution in [2.45, 2.75) is 30.8 Å². The number of piperidine rings is 3. The standard InChI is InChI=1S/C19H26N2O2S/c1-23-16-6-4-3-5-14(16)15-11-21(17(22)12-24-2)18-13-7-9-20(10-8-13)19(15)18/h3-6,13,15,18-19H,7-12H2,1-2H3/t15-,18-,19-/m1/s1. The lowest BCUT2D eigenvalue weighted by Crippen LogP contribution is -2.60. The number of methoxy groups -OCH3 is 1. The number of fused-ring (bicyclic) bond motifs is 2. The first-order chi connectivity index (χ1) is 11.7. The van der Waals surface area contributed by atoms with Gasteiger partial charge in [0, 0.05) is 24.1 Å². The third-order valence-corrected chi connectivity index (χ3v) is 6.66. The van der Waals surface area contributed by atoms with Crippen molar-refractivity contribution in [3.63, 3.8) is 0 Å². The first-order valence-electron chi connectivity index (χ1n) is 8.90. The van der Waals surface area contributed by atoms with E-state index in [0.29, 0.717) is 35.6 Å². The fraction of sp³-hybridized carbons (Fsp3) is 0.632. The summed E-state index contributed by atoms with van der Waals surface area (Å²) in [5.74, 6) is 2.89. The van der Waals surface area contributed by atoms with Crippen LogP contribution < -0.4 is 4.74 Å². The lowest BCUT2D eigenvalue weighted by Gasteiger charge is -2.51. The molecular weight excluding hydrogens is 320 g/mol. The van der Waals surface area contributed by atoms with Crippen molar-refractivity contribution in [2.75, 3.05) is 38.8 Å². The number of rotatable bonds is 4. The quantitative estimate of drug-likeness (QED) is 0.838. The molecule has 1 aromatic carbocycles. The number of ether oxygens (including phenoxy) is 1. The summed E-state index contributed by atoms with van der Waals surface area (Å²) in [6, 6.07) is 9.20. The van der Waals surface area contributed by atoms with E-state index in [0.717, 1.165) is 12.3 Å². The first-order valence-corrected chi connectivity index (χ1v) is 10.3. The smallest absolute Gasteiger partial charge is 0.232 e. The number of amides is 1. The predicted molar refractivity (Wildman–Crippen MR) is 97.7 cm³/mol. The molecule has 1 amide bonds. The van der Waals surface area contributed by atoms with E-state index >= 15 is 0 Å². The van der Waals surface area contributed by atoms with Gasteiger partial charge in [-0.3, -0.25) is 9.69 Å². The second-order valence-corrected chi connectivity index (χ2v) is 8.05. The van der Waals surface area contributed by atoms with Gasteiger partial charge in [-0.15, -0.1) is 0 Å². The lowest BCUT2D eigenvalue weighted by molar-refractivity contribution is -0.133. The van der Waals surface area contributed by atoms with E-state index in [-0.39, 0.29) is 0 Å². The van der Waals surface area contributed by atoms with Gasteiger partial charge in [-0.25, -0.2) is 0 Å². The SMILES string of the molecule is COc1ccccc1[C@H]1CN(C(=O)CSC)[C@@H]2C3CCN(CC3)[C@H]12. The fourth-order valence-corrected chi connectivity index (χ4v) is 5.57. The van der Waals surface area contributed by atoms with E-state index < -0.39 is 0 Å². The lowest BCUT2D eigenvalue weighted by atomic mass is 9.75. The molecule has 4 aliphatic heterocycles. The molecule has 4 nitrogen and oxygen atoms in total. The molecule has 24 heavy (non-hydrogen) atoms. The molecule has 0 radical (unpaired) electrons. The Morgan fingerprint density at radius 3 is 2.71 bits per heavy atom. The van der Waals surface area contributed by atoms with Gasteiger partial charge in [0.15, 0.2) is 0 Å². The van der Waals surface area contributed by atoms with E-state index in [1.165, 1.54) is 31.5 Å². The van der Waals surface area contributed by atoms with Crippen LogP contribution >= 0.6 is 11.8 Å². The Kier molecular flexibility index (Phi) is 4.48. The summed E-state index contributed by atoms with van der Waals surface area (Å²) in [6.07, 6.45) is 4.49. The summed E-state index contributed by atoms with van der Waals surface area (Å²) in [5, 5.41) is 0. The molecule has 4 heterocycles. The molecule has 0 unspecified atom stereocenters. The molecule has 0 aliphatic carbocycles. The molecule has 4 aliphatic rings. The average molecular weight is 346 g/mol. The molecule has 0 spiro atoms. The summed E-state index contributed by atoms with van der Waals surface area (Å²) >= 11 is 1.63. The van der Waals surface area contributed by atoms with Gasteiger partial charge in [-0.1, -0.05) is 18.2 Å². The van der Waals surface area contributed by atoms with Crippen molar-refractivity contribution >= 4 is 17.7 Å². The van der Waals surface area contributed by atoms with Crippen molar-refractivity contribution in [3.8, 4) is 5.75 Å². The Labute approximate surface area is 148 Å². The molecule has 5 heteroatoms. The van der Waals surface area contributed by atoms with Gasteiger partial charge in [-0.05, 0) is 44.2 Å². The van der Waals surface area contributed by atoms with Crippen molar-refractivity contribution in [3.05, 3.63) is 29.8 Å². The van der Waals surface area contributed by atoms with Crippen molar-refractivity contribution in [1.82, 2.24) is 9.80 Å². The van der Waals surface area contributed by atoms with Crippen LogP contribution in [0.2, 0.25) is 0 Å². The Morgan fingerprint density at radius 1 is 1.25 bits per heavy atom. The van der Waals surface area contributed by atoms with Crippen LogP contribution in [0.4, 0.5) is 0 Å². The number of carbonyl (C=O) groups is 1. The van der Waals surface area contributed by atoms with E-state index in [9.17, 15) is 4.79 Å². The summed E-state index contributed by atoms with van der Waals surface area (Å²) in [5.41, 5.74) is 1.27. The van der Waals surface area contributed by atoms with E-state index in [4.69, 9.17) is 4.74 Å². The number of hydrogen-bond donors (Lipinski definition) is 0. The summed E-state index contributed by atoms with van der Waals surface area (Å²) < 4.78 is 5.63. The number of likely N-dealkylation sites (tertiary alicyclic amines) is 1. The molecule has 1 aromatic rings. The minimum atomic E-state index is 0.309. The maximum absolute atomic E-state index is 12.8. The average Bonchev–Trinajstić information content (AvgIpc) is 3.05. The zero-order valence-electron chi connectivity index (χ0n) is 14.5. The zero-order valence-corrected chi connectivity index (χ0v) is 15.3. The maximum atomic E-state index is 12.8. The van der Waals surface area contributed by atoms with Crippen LogP contribution in [0.5, 0.6) is 5.75 Å². The van der Waals surface area contributed by atoms with Crippen molar-refractivity contribution in [2.24, 2.45) is 5.92 Å². The minimum Gasteiger partial charge on any atom is -0.496 e. The second kappa shape index (κ2) is 6.60. The number of para-hydroxylation sites is 1. The monoisotopic (exact) mass is 346 g/mol. The maximum Gasteiger partial charge on any atom is 0.232 e. The zero-order chi connectivity index (χ0) is 16.7. The van der Waals surface area contributed by atoms with Gasteiger partial charge in [-0.2, -0.15) is 11.8 Å². The van der Waals surface area contributed by atoms with Gasteiger partial charge >= 0.3 is 0 Å². The van der Waals surface area contributed by atoms with E-state index in [2.05, 4.69) is 21.9 Å². The van der Waals surface area contributed by atoms with Gasteiger partial charge < -0.3 is 9.64 Å². The highest BCUT2D eigenvalue weighted by molar-refractivity contribution is 7.99. The highest BCUT2D eigenvalue weighted by Crippen LogP contribution is 2.48. The molecule has 0 N–H and O–H groups in total. The summed E-state index contributed by atoms with van der Waals surface area (Å²) in [6.45, 7) is 3.20. The second-order valence-electron chi connectivity index (χ2n) is 7.18. The fourth-order valence-electron chi connectivity index (χ4n) is 5.16. The Hall–Kier alpha value is -1.20. The van der Waals surface area contributed by atoms with Crippen LogP contribution in [0.1, 0.15) is 24.3 Å². The number of benzene rings is 1. The summed E-state index contributed by atoms with van der Waals surface area (Å²) in [7, 11) is 1.75. The third-order valence-electron chi connectivity index (χ3n) is 6.12. The minimum absolute atomic E-state index is 0.309. The predicted octanol–water partition coefficient (Wildman–Crippen LogP) is 2.45.